The van der Waals surface area contributed by atoms with Gasteiger partial charge in [0.25, 0.3) is 0 Å². The Hall–Kier alpha value is -1.37. The van der Waals surface area contributed by atoms with E-state index in [2.05, 4.69) is 0 Å². The Bertz CT molecular complexity index is 917. The molecule has 2 atom stereocenters. The summed E-state index contributed by atoms with van der Waals surface area (Å²) in [6.45, 7) is 2.56. The van der Waals surface area contributed by atoms with E-state index in [0.29, 0.717) is 31.6 Å². The molecule has 3 rings (SSSR count). The van der Waals surface area contributed by atoms with Gasteiger partial charge >= 0.3 is 5.97 Å². The van der Waals surface area contributed by atoms with E-state index in [1.165, 1.54) is 12.1 Å². The minimum Gasteiger partial charge on any atom is -0.480 e. The zero-order chi connectivity index (χ0) is 22.1. The first-order valence-electron chi connectivity index (χ1n) is 9.58. The Labute approximate surface area is 190 Å². The van der Waals surface area contributed by atoms with Crippen LogP contribution in [0.1, 0.15) is 42.0 Å². The number of hydrogen-bond donors (Lipinski definition) is 1. The van der Waals surface area contributed by atoms with Gasteiger partial charge in [0.15, 0.2) is 0 Å². The Morgan fingerprint density at radius 2 is 1.93 bits per heavy atom. The van der Waals surface area contributed by atoms with E-state index in [1.54, 1.807) is 37.1 Å². The molecule has 1 aliphatic heterocycles. The second kappa shape index (κ2) is 9.01. The Kier molecular flexibility index (Phi) is 7.00. The zero-order valence-electron chi connectivity index (χ0n) is 16.7. The fraction of sp³-hybridized carbons (Fsp3) is 0.409. The van der Waals surface area contributed by atoms with Gasteiger partial charge in [-0.2, -0.15) is 0 Å². The van der Waals surface area contributed by atoms with E-state index in [4.69, 9.17) is 39.5 Å². The number of ether oxygens (including phenoxy) is 1. The molecule has 4 nitrogen and oxygen atoms in total. The first-order valence-corrected chi connectivity index (χ1v) is 10.7. The molecule has 1 unspecified atom stereocenters. The van der Waals surface area contributed by atoms with Crippen molar-refractivity contribution >= 4 is 40.8 Å². The van der Waals surface area contributed by atoms with Crippen LogP contribution >= 0.6 is 34.8 Å². The van der Waals surface area contributed by atoms with Gasteiger partial charge in [0, 0.05) is 5.56 Å². The van der Waals surface area contributed by atoms with Crippen LogP contribution in [-0.4, -0.2) is 35.6 Å². The third kappa shape index (κ3) is 4.76. The van der Waals surface area contributed by atoms with Crippen LogP contribution in [0.25, 0.3) is 0 Å². The lowest BCUT2D eigenvalue weighted by atomic mass is 9.81. The van der Waals surface area contributed by atoms with E-state index in [1.807, 2.05) is 12.1 Å². The first kappa shape index (κ1) is 23.3. The molecule has 162 valence electrons. The minimum absolute atomic E-state index is 0.325. The molecule has 0 aromatic heterocycles. The van der Waals surface area contributed by atoms with Gasteiger partial charge in [0.2, 0.25) is 3.79 Å². The topological polar surface area (TPSA) is 49.8 Å². The van der Waals surface area contributed by atoms with Crippen LogP contribution < -0.4 is 0 Å². The molecule has 1 N–H and O–H groups in total. The van der Waals surface area contributed by atoms with Crippen LogP contribution in [0, 0.1) is 5.82 Å². The zero-order valence-corrected chi connectivity index (χ0v) is 18.9. The van der Waals surface area contributed by atoms with Gasteiger partial charge in [0.05, 0.1) is 6.61 Å². The molecule has 1 aliphatic rings. The number of likely N-dealkylation sites (N-methyl/N-ethyl adjacent to an activating group) is 1. The largest absolute Gasteiger partial charge is 0.480 e. The summed E-state index contributed by atoms with van der Waals surface area (Å²) in [4.78, 5) is 13.0. The summed E-state index contributed by atoms with van der Waals surface area (Å²) >= 11 is 18.1. The number of carbonyl (C=O) groups is 1. The van der Waals surface area contributed by atoms with Gasteiger partial charge in [-0.15, -0.1) is 0 Å². The molecule has 2 aromatic carbocycles. The number of hydrogen-bond acceptors (Lipinski definition) is 3. The molecule has 2 aromatic rings. The maximum absolute atomic E-state index is 13.6. The number of rotatable bonds is 7. The average molecular weight is 475 g/mol. The van der Waals surface area contributed by atoms with Crippen LogP contribution in [0.4, 0.5) is 4.39 Å². The van der Waals surface area contributed by atoms with Crippen LogP contribution in [0.5, 0.6) is 0 Å². The highest BCUT2D eigenvalue weighted by atomic mass is 35.6. The van der Waals surface area contributed by atoms with Crippen LogP contribution in [-0.2, 0) is 25.5 Å². The predicted octanol–water partition coefficient (Wildman–Crippen LogP) is 5.61. The Morgan fingerprint density at radius 3 is 2.53 bits per heavy atom. The molecule has 0 amide bonds. The van der Waals surface area contributed by atoms with Crippen LogP contribution in [0.3, 0.4) is 0 Å². The quantitative estimate of drug-likeness (QED) is 0.530. The third-order valence-corrected chi connectivity index (χ3v) is 6.37. The molecular formula is C22H23Cl3FNO3. The summed E-state index contributed by atoms with van der Waals surface area (Å²) in [5.41, 5.74) is 2.47. The summed E-state index contributed by atoms with van der Waals surface area (Å²) in [6.07, 6.45) is 1.27. The van der Waals surface area contributed by atoms with Crippen molar-refractivity contribution in [1.82, 2.24) is 4.90 Å². The minimum atomic E-state index is -1.54. The van der Waals surface area contributed by atoms with Gasteiger partial charge in [-0.3, -0.25) is 9.69 Å². The second-order valence-corrected chi connectivity index (χ2v) is 9.87. The van der Waals surface area contributed by atoms with Gasteiger partial charge in [0.1, 0.15) is 17.5 Å². The maximum atomic E-state index is 13.6. The lowest BCUT2D eigenvalue weighted by molar-refractivity contribution is -0.142. The molecule has 0 aliphatic carbocycles. The standard InChI is InChI=1S/C22H23Cl3FNO3/c1-14(20(28)29)27(2)11-3-10-21(16-4-7-18(26)8-5-16)19-9-6-17(22(23,24)25)12-15(19)13-30-21/h4-9,12,14H,3,10-11,13H2,1-2H3,(H,28,29)/t14-,21?/m0/s1. The normalized spacial score (nSPS) is 19.7. The van der Waals surface area contributed by atoms with Crippen molar-refractivity contribution < 1.29 is 19.0 Å². The van der Waals surface area contributed by atoms with Crippen molar-refractivity contribution in [2.24, 2.45) is 0 Å². The summed E-state index contributed by atoms with van der Waals surface area (Å²) in [7, 11) is 1.78. The molecule has 30 heavy (non-hydrogen) atoms. The molecule has 0 spiro atoms. The number of halogens is 4. The molecule has 0 bridgehead atoms. The lowest BCUT2D eigenvalue weighted by Crippen LogP contribution is -2.37. The average Bonchev–Trinajstić information content (AvgIpc) is 3.06. The number of aliphatic carboxylic acids is 1. The van der Waals surface area contributed by atoms with Crippen molar-refractivity contribution in [3.05, 3.63) is 70.5 Å². The maximum Gasteiger partial charge on any atom is 0.320 e. The van der Waals surface area contributed by atoms with Gasteiger partial charge in [-0.25, -0.2) is 4.39 Å². The van der Waals surface area contributed by atoms with Gasteiger partial charge < -0.3 is 9.84 Å². The van der Waals surface area contributed by atoms with Gasteiger partial charge in [-0.05, 0) is 68.2 Å². The van der Waals surface area contributed by atoms with Crippen molar-refractivity contribution in [2.45, 2.75) is 41.8 Å². The summed E-state index contributed by atoms with van der Waals surface area (Å²) in [5.74, 6) is -1.19. The Morgan fingerprint density at radius 1 is 1.27 bits per heavy atom. The van der Waals surface area contributed by atoms with Crippen molar-refractivity contribution in [1.29, 1.82) is 0 Å². The number of nitrogens with zero attached hydrogens (tertiary/aromatic N) is 1. The van der Waals surface area contributed by atoms with Crippen LogP contribution in [0.15, 0.2) is 42.5 Å². The molecule has 0 saturated heterocycles. The summed E-state index contributed by atoms with van der Waals surface area (Å²) < 4.78 is 18.3. The third-order valence-electron chi connectivity index (χ3n) is 5.71. The highest BCUT2D eigenvalue weighted by Crippen LogP contribution is 2.47. The highest BCUT2D eigenvalue weighted by Gasteiger charge is 2.42. The van der Waals surface area contributed by atoms with E-state index in [-0.39, 0.29) is 5.82 Å². The number of alkyl halides is 3. The molecule has 1 heterocycles. The second-order valence-electron chi connectivity index (χ2n) is 7.59. The van der Waals surface area contributed by atoms with E-state index in [0.717, 1.165) is 16.7 Å². The predicted molar refractivity (Wildman–Crippen MR) is 117 cm³/mol. The molecule has 0 saturated carbocycles. The first-order chi connectivity index (χ1) is 14.0. The smallest absolute Gasteiger partial charge is 0.320 e. The fourth-order valence-electron chi connectivity index (χ4n) is 3.83. The summed E-state index contributed by atoms with van der Waals surface area (Å²) in [6, 6.07) is 11.2. The highest BCUT2D eigenvalue weighted by molar-refractivity contribution is 6.66. The summed E-state index contributed by atoms with van der Waals surface area (Å²) in [5, 5.41) is 9.21. The SMILES string of the molecule is C[C@@H](C(=O)O)N(C)CCCC1(c2ccc(F)cc2)OCc2cc(C(Cl)(Cl)Cl)ccc21. The number of carboxylic acid groups (broad SMARTS) is 1. The van der Waals surface area contributed by atoms with Crippen molar-refractivity contribution in [3.8, 4) is 0 Å². The Balaban J connectivity index is 1.92. The fourth-order valence-corrected chi connectivity index (χ4v) is 4.18. The van der Waals surface area contributed by atoms with Gasteiger partial charge in [-0.1, -0.05) is 59.1 Å². The molecule has 0 fully saturated rings. The van der Waals surface area contributed by atoms with Crippen molar-refractivity contribution in [2.75, 3.05) is 13.6 Å². The number of fused-ring (bicyclic) bond motifs is 1. The molecule has 8 heteroatoms. The van der Waals surface area contributed by atoms with E-state index < -0.39 is 21.4 Å². The number of benzene rings is 2. The molecular weight excluding hydrogens is 452 g/mol. The van der Waals surface area contributed by atoms with E-state index in [9.17, 15) is 14.3 Å². The number of carboxylic acids is 1. The molecule has 0 radical (unpaired) electrons. The lowest BCUT2D eigenvalue weighted by Gasteiger charge is -2.32. The monoisotopic (exact) mass is 473 g/mol. The van der Waals surface area contributed by atoms with Crippen LogP contribution in [0.2, 0.25) is 0 Å². The van der Waals surface area contributed by atoms with E-state index >= 15 is 0 Å². The van der Waals surface area contributed by atoms with Crippen molar-refractivity contribution in [3.63, 3.8) is 0 Å².